The van der Waals surface area contributed by atoms with E-state index < -0.39 is 6.10 Å². The van der Waals surface area contributed by atoms with Crippen LogP contribution in [0.5, 0.6) is 0 Å². The Balaban J connectivity index is 2.33. The molecule has 1 unspecified atom stereocenters. The molecule has 0 saturated heterocycles. The summed E-state index contributed by atoms with van der Waals surface area (Å²) in [4.78, 5) is 3.88. The van der Waals surface area contributed by atoms with E-state index in [1.807, 2.05) is 12.1 Å². The molecule has 1 aromatic rings. The highest BCUT2D eigenvalue weighted by Gasteiger charge is 2.01. The lowest BCUT2D eigenvalue weighted by molar-refractivity contribution is 0.0886. The van der Waals surface area contributed by atoms with Gasteiger partial charge in [-0.1, -0.05) is 0 Å². The summed E-state index contributed by atoms with van der Waals surface area (Å²) in [6.45, 7) is -0.162. The second-order valence-electron chi connectivity index (χ2n) is 2.73. The first kappa shape index (κ1) is 9.16. The first-order chi connectivity index (χ1) is 5.83. The zero-order chi connectivity index (χ0) is 8.81. The van der Waals surface area contributed by atoms with E-state index >= 15 is 0 Å². The van der Waals surface area contributed by atoms with Gasteiger partial charge in [-0.15, -0.1) is 0 Å². The molecule has 0 aliphatic heterocycles. The van der Waals surface area contributed by atoms with Crippen LogP contribution in [-0.4, -0.2) is 27.9 Å². The predicted molar refractivity (Wildman–Crippen MR) is 45.7 cm³/mol. The quantitative estimate of drug-likeness (QED) is 0.681. The summed E-state index contributed by atoms with van der Waals surface area (Å²) < 4.78 is 0. The molecule has 12 heavy (non-hydrogen) atoms. The highest BCUT2D eigenvalue weighted by Crippen LogP contribution is 2.02. The second kappa shape index (κ2) is 4.85. The molecule has 0 bridgehead atoms. The Morgan fingerprint density at radius 2 is 2.00 bits per heavy atom. The number of hydrogen-bond acceptors (Lipinski definition) is 3. The maximum absolute atomic E-state index is 9.05. The van der Waals surface area contributed by atoms with Gasteiger partial charge in [-0.05, 0) is 30.5 Å². The van der Waals surface area contributed by atoms with Crippen LogP contribution < -0.4 is 0 Å². The summed E-state index contributed by atoms with van der Waals surface area (Å²) in [7, 11) is 0. The standard InChI is InChI=1S/C9H13NO2/c11-7-9(12)2-1-8-3-5-10-6-4-8/h3-6,9,11-12H,1-2,7H2. The molecule has 0 aliphatic carbocycles. The number of pyridine rings is 1. The van der Waals surface area contributed by atoms with Crippen molar-refractivity contribution in [1.82, 2.24) is 4.98 Å². The minimum atomic E-state index is -0.599. The molecular weight excluding hydrogens is 154 g/mol. The van der Waals surface area contributed by atoms with Crippen molar-refractivity contribution in [2.24, 2.45) is 0 Å². The highest BCUT2D eigenvalue weighted by molar-refractivity contribution is 5.09. The summed E-state index contributed by atoms with van der Waals surface area (Å²) in [5, 5.41) is 17.6. The van der Waals surface area contributed by atoms with Crippen molar-refractivity contribution < 1.29 is 10.2 Å². The van der Waals surface area contributed by atoms with Gasteiger partial charge in [-0.3, -0.25) is 4.98 Å². The number of rotatable bonds is 4. The molecule has 0 amide bonds. The predicted octanol–water partition coefficient (Wildman–Crippen LogP) is 0.367. The third kappa shape index (κ3) is 2.98. The lowest BCUT2D eigenvalue weighted by atomic mass is 10.1. The van der Waals surface area contributed by atoms with Crippen LogP contribution in [0.4, 0.5) is 0 Å². The van der Waals surface area contributed by atoms with Gasteiger partial charge in [-0.25, -0.2) is 0 Å². The molecule has 0 aliphatic rings. The number of nitrogens with zero attached hydrogens (tertiary/aromatic N) is 1. The Bertz CT molecular complexity index is 213. The van der Waals surface area contributed by atoms with E-state index in [1.165, 1.54) is 0 Å². The smallest absolute Gasteiger partial charge is 0.0774 e. The van der Waals surface area contributed by atoms with Gasteiger partial charge in [0, 0.05) is 12.4 Å². The van der Waals surface area contributed by atoms with Crippen molar-refractivity contribution in [3.63, 3.8) is 0 Å². The fourth-order valence-corrected chi connectivity index (χ4v) is 0.974. The van der Waals surface area contributed by atoms with Crippen LogP contribution in [0.1, 0.15) is 12.0 Å². The summed E-state index contributed by atoms with van der Waals surface area (Å²) in [6.07, 6.45) is 4.23. The largest absolute Gasteiger partial charge is 0.394 e. The van der Waals surface area contributed by atoms with E-state index in [-0.39, 0.29) is 6.61 Å². The fraction of sp³-hybridized carbons (Fsp3) is 0.444. The molecule has 0 fully saturated rings. The van der Waals surface area contributed by atoms with E-state index in [9.17, 15) is 0 Å². The minimum absolute atomic E-state index is 0.162. The van der Waals surface area contributed by atoms with Gasteiger partial charge < -0.3 is 10.2 Å². The van der Waals surface area contributed by atoms with Gasteiger partial charge in [0.2, 0.25) is 0 Å². The van der Waals surface area contributed by atoms with Gasteiger partial charge in [0.25, 0.3) is 0 Å². The molecule has 1 atom stereocenters. The number of hydrogen-bond donors (Lipinski definition) is 2. The molecule has 0 radical (unpaired) electrons. The summed E-state index contributed by atoms with van der Waals surface area (Å²) in [5.74, 6) is 0. The van der Waals surface area contributed by atoms with Crippen LogP contribution in [0, 0.1) is 0 Å². The molecule has 2 N–H and O–H groups in total. The molecule has 1 aromatic heterocycles. The lowest BCUT2D eigenvalue weighted by Crippen LogP contribution is -2.12. The Labute approximate surface area is 71.7 Å². The van der Waals surface area contributed by atoms with Crippen molar-refractivity contribution in [1.29, 1.82) is 0 Å². The summed E-state index contributed by atoms with van der Waals surface area (Å²) in [6, 6.07) is 3.81. The van der Waals surface area contributed by atoms with Gasteiger partial charge >= 0.3 is 0 Å². The monoisotopic (exact) mass is 167 g/mol. The molecule has 66 valence electrons. The zero-order valence-electron chi connectivity index (χ0n) is 6.85. The normalized spacial score (nSPS) is 12.8. The van der Waals surface area contributed by atoms with Crippen LogP contribution in [0.25, 0.3) is 0 Å². The zero-order valence-corrected chi connectivity index (χ0v) is 6.85. The van der Waals surface area contributed by atoms with E-state index in [0.717, 1.165) is 12.0 Å². The van der Waals surface area contributed by atoms with Crippen LogP contribution >= 0.6 is 0 Å². The topological polar surface area (TPSA) is 53.4 Å². The van der Waals surface area contributed by atoms with Gasteiger partial charge in [0.1, 0.15) is 0 Å². The molecular formula is C9H13NO2. The Kier molecular flexibility index (Phi) is 3.70. The molecule has 0 saturated carbocycles. The number of aliphatic hydroxyl groups is 2. The van der Waals surface area contributed by atoms with Crippen LogP contribution in [-0.2, 0) is 6.42 Å². The van der Waals surface area contributed by atoms with Gasteiger partial charge in [-0.2, -0.15) is 0 Å². The van der Waals surface area contributed by atoms with Gasteiger partial charge in [0.05, 0.1) is 12.7 Å². The van der Waals surface area contributed by atoms with Crippen LogP contribution in [0.15, 0.2) is 24.5 Å². The Morgan fingerprint density at radius 1 is 1.33 bits per heavy atom. The van der Waals surface area contributed by atoms with Crippen LogP contribution in [0.2, 0.25) is 0 Å². The molecule has 0 aromatic carbocycles. The molecule has 0 spiro atoms. The third-order valence-electron chi connectivity index (χ3n) is 1.73. The summed E-state index contributed by atoms with van der Waals surface area (Å²) >= 11 is 0. The molecule has 3 heteroatoms. The van der Waals surface area contributed by atoms with Crippen molar-refractivity contribution >= 4 is 0 Å². The lowest BCUT2D eigenvalue weighted by Gasteiger charge is -2.05. The van der Waals surface area contributed by atoms with Crippen molar-refractivity contribution in [3.8, 4) is 0 Å². The molecule has 1 heterocycles. The van der Waals surface area contributed by atoms with Crippen LogP contribution in [0.3, 0.4) is 0 Å². The highest BCUT2D eigenvalue weighted by atomic mass is 16.3. The Morgan fingerprint density at radius 3 is 2.58 bits per heavy atom. The first-order valence-electron chi connectivity index (χ1n) is 4.00. The Hall–Kier alpha value is -0.930. The van der Waals surface area contributed by atoms with Crippen molar-refractivity contribution in [2.75, 3.05) is 6.61 Å². The van der Waals surface area contributed by atoms with E-state index in [4.69, 9.17) is 10.2 Å². The number of aryl methyl sites for hydroxylation is 1. The van der Waals surface area contributed by atoms with Crippen molar-refractivity contribution in [3.05, 3.63) is 30.1 Å². The SMILES string of the molecule is OCC(O)CCc1ccncc1. The minimum Gasteiger partial charge on any atom is -0.394 e. The van der Waals surface area contributed by atoms with E-state index in [1.54, 1.807) is 12.4 Å². The first-order valence-corrected chi connectivity index (χ1v) is 4.00. The summed E-state index contributed by atoms with van der Waals surface area (Å²) in [5.41, 5.74) is 1.14. The molecule has 1 rings (SSSR count). The maximum Gasteiger partial charge on any atom is 0.0774 e. The van der Waals surface area contributed by atoms with E-state index in [0.29, 0.717) is 6.42 Å². The molecule has 3 nitrogen and oxygen atoms in total. The third-order valence-corrected chi connectivity index (χ3v) is 1.73. The second-order valence-corrected chi connectivity index (χ2v) is 2.73. The van der Waals surface area contributed by atoms with Crippen molar-refractivity contribution in [2.45, 2.75) is 18.9 Å². The average molecular weight is 167 g/mol. The fourth-order valence-electron chi connectivity index (χ4n) is 0.974. The maximum atomic E-state index is 9.05. The van der Waals surface area contributed by atoms with E-state index in [2.05, 4.69) is 4.98 Å². The number of aromatic nitrogens is 1. The average Bonchev–Trinajstić information content (AvgIpc) is 2.16. The van der Waals surface area contributed by atoms with Gasteiger partial charge in [0.15, 0.2) is 0 Å². The number of aliphatic hydroxyl groups excluding tert-OH is 2.